The first-order chi connectivity index (χ1) is 13.6. The highest BCUT2D eigenvalue weighted by atomic mass is 16.5. The molecule has 142 valence electrons. The number of rotatable bonds is 3. The van der Waals surface area contributed by atoms with Crippen LogP contribution in [0.4, 0.5) is 0 Å². The minimum Gasteiger partial charge on any atom is -0.337 e. The van der Waals surface area contributed by atoms with Gasteiger partial charge in [0.1, 0.15) is 0 Å². The van der Waals surface area contributed by atoms with Crippen LogP contribution in [-0.4, -0.2) is 52.5 Å². The van der Waals surface area contributed by atoms with Crippen LogP contribution in [0.15, 0.2) is 65.2 Å². The molecule has 2 aliphatic heterocycles. The van der Waals surface area contributed by atoms with Gasteiger partial charge in [-0.15, -0.1) is 0 Å². The highest BCUT2D eigenvalue weighted by molar-refractivity contribution is 5.94. The second kappa shape index (κ2) is 6.56. The molecule has 0 aliphatic carbocycles. The van der Waals surface area contributed by atoms with Crippen molar-refractivity contribution in [2.75, 3.05) is 26.7 Å². The van der Waals surface area contributed by atoms with Crippen molar-refractivity contribution in [3.63, 3.8) is 0 Å². The van der Waals surface area contributed by atoms with Gasteiger partial charge in [0.05, 0.1) is 6.04 Å². The van der Waals surface area contributed by atoms with Crippen molar-refractivity contribution in [1.29, 1.82) is 0 Å². The molecule has 5 rings (SSSR count). The third-order valence-corrected chi connectivity index (χ3v) is 5.86. The van der Waals surface area contributed by atoms with Gasteiger partial charge >= 0.3 is 0 Å². The van der Waals surface area contributed by atoms with E-state index in [4.69, 9.17) is 4.52 Å². The first-order valence-corrected chi connectivity index (χ1v) is 9.57. The summed E-state index contributed by atoms with van der Waals surface area (Å²) in [6.45, 7) is 2.50. The first-order valence-electron chi connectivity index (χ1n) is 9.57. The number of aromatic nitrogens is 2. The predicted molar refractivity (Wildman–Crippen MR) is 105 cm³/mol. The lowest BCUT2D eigenvalue weighted by molar-refractivity contribution is 0.0115. The highest BCUT2D eigenvalue weighted by Gasteiger charge is 2.53. The lowest BCUT2D eigenvalue weighted by Crippen LogP contribution is -2.59. The standard InChI is InChI=1S/C22H22N4O2/c1-25-13-22(14-26(15-22)21(27)17-10-6-3-7-11-17)12-18(25)19-23-20(28-24-19)16-8-4-2-5-9-16/h2-11,18H,12-15H2,1H3. The molecule has 3 aromatic rings. The monoisotopic (exact) mass is 374 g/mol. The van der Waals surface area contributed by atoms with Gasteiger partial charge in [-0.1, -0.05) is 41.6 Å². The Bertz CT molecular complexity index is 980. The Kier molecular flexibility index (Phi) is 4.02. The zero-order chi connectivity index (χ0) is 19.1. The van der Waals surface area contributed by atoms with Crippen LogP contribution in [0.1, 0.15) is 28.6 Å². The van der Waals surface area contributed by atoms with Crippen LogP contribution < -0.4 is 0 Å². The zero-order valence-electron chi connectivity index (χ0n) is 15.8. The summed E-state index contributed by atoms with van der Waals surface area (Å²) in [7, 11) is 2.10. The molecule has 1 atom stereocenters. The molecule has 6 heteroatoms. The molecule has 6 nitrogen and oxygen atoms in total. The number of carbonyl (C=O) groups is 1. The fourth-order valence-electron chi connectivity index (χ4n) is 4.53. The predicted octanol–water partition coefficient (Wildman–Crippen LogP) is 3.26. The lowest BCUT2D eigenvalue weighted by Gasteiger charge is -2.48. The van der Waals surface area contributed by atoms with E-state index in [0.717, 1.165) is 43.0 Å². The molecule has 0 N–H and O–H groups in total. The van der Waals surface area contributed by atoms with Crippen molar-refractivity contribution in [2.24, 2.45) is 5.41 Å². The first kappa shape index (κ1) is 17.1. The van der Waals surface area contributed by atoms with Gasteiger partial charge < -0.3 is 9.42 Å². The van der Waals surface area contributed by atoms with Crippen LogP contribution in [0.3, 0.4) is 0 Å². The Balaban J connectivity index is 1.28. The third-order valence-electron chi connectivity index (χ3n) is 5.86. The zero-order valence-corrected chi connectivity index (χ0v) is 15.8. The molecule has 0 bridgehead atoms. The third kappa shape index (κ3) is 2.90. The molecule has 2 aliphatic rings. The number of amides is 1. The summed E-state index contributed by atoms with van der Waals surface area (Å²) in [6, 6.07) is 19.4. The average molecular weight is 374 g/mol. The van der Waals surface area contributed by atoms with Crippen LogP contribution in [0.25, 0.3) is 11.5 Å². The Morgan fingerprint density at radius 1 is 1.04 bits per heavy atom. The quantitative estimate of drug-likeness (QED) is 0.704. The van der Waals surface area contributed by atoms with Gasteiger partial charge in [0.2, 0.25) is 0 Å². The molecule has 1 spiro atoms. The molecule has 1 amide bonds. The maximum Gasteiger partial charge on any atom is 0.257 e. The number of benzene rings is 2. The van der Waals surface area contributed by atoms with Crippen molar-refractivity contribution in [3.8, 4) is 11.5 Å². The van der Waals surface area contributed by atoms with E-state index in [-0.39, 0.29) is 17.4 Å². The van der Waals surface area contributed by atoms with Gasteiger partial charge in [0.15, 0.2) is 5.82 Å². The molecular weight excluding hydrogens is 352 g/mol. The SMILES string of the molecule is CN1CC2(CC1c1noc(-c3ccccc3)n1)CN(C(=O)c1ccccc1)C2. The van der Waals surface area contributed by atoms with Gasteiger partial charge in [-0.2, -0.15) is 4.98 Å². The largest absolute Gasteiger partial charge is 0.337 e. The summed E-state index contributed by atoms with van der Waals surface area (Å²) < 4.78 is 5.50. The van der Waals surface area contributed by atoms with E-state index in [1.54, 1.807) is 0 Å². The van der Waals surface area contributed by atoms with E-state index < -0.39 is 0 Å². The molecule has 3 heterocycles. The Morgan fingerprint density at radius 2 is 1.71 bits per heavy atom. The van der Waals surface area contributed by atoms with Crippen LogP contribution in [0, 0.1) is 5.41 Å². The Labute approximate surface area is 163 Å². The van der Waals surface area contributed by atoms with Gasteiger partial charge in [-0.05, 0) is 37.7 Å². The molecule has 1 unspecified atom stereocenters. The van der Waals surface area contributed by atoms with E-state index in [2.05, 4.69) is 22.1 Å². The van der Waals surface area contributed by atoms with Gasteiger partial charge in [0.25, 0.3) is 11.8 Å². The molecule has 28 heavy (non-hydrogen) atoms. The minimum absolute atomic E-state index is 0.114. The second-order valence-electron chi connectivity index (χ2n) is 7.99. The van der Waals surface area contributed by atoms with Crippen LogP contribution >= 0.6 is 0 Å². The van der Waals surface area contributed by atoms with E-state index in [9.17, 15) is 4.79 Å². The van der Waals surface area contributed by atoms with Crippen molar-refractivity contribution >= 4 is 5.91 Å². The van der Waals surface area contributed by atoms with Crippen molar-refractivity contribution in [1.82, 2.24) is 19.9 Å². The van der Waals surface area contributed by atoms with Crippen molar-refractivity contribution in [3.05, 3.63) is 72.1 Å². The van der Waals surface area contributed by atoms with Gasteiger partial charge in [-0.3, -0.25) is 9.69 Å². The summed E-state index contributed by atoms with van der Waals surface area (Å²) in [5.41, 5.74) is 1.81. The van der Waals surface area contributed by atoms with Crippen molar-refractivity contribution < 1.29 is 9.32 Å². The summed E-state index contributed by atoms with van der Waals surface area (Å²) >= 11 is 0. The second-order valence-corrected chi connectivity index (χ2v) is 7.99. The van der Waals surface area contributed by atoms with Gasteiger partial charge in [-0.25, -0.2) is 0 Å². The fraction of sp³-hybridized carbons (Fsp3) is 0.318. The molecule has 0 radical (unpaired) electrons. The van der Waals surface area contributed by atoms with E-state index in [1.165, 1.54) is 0 Å². The van der Waals surface area contributed by atoms with Crippen LogP contribution in [0.2, 0.25) is 0 Å². The molecule has 0 saturated carbocycles. The van der Waals surface area contributed by atoms with Gasteiger partial charge in [0, 0.05) is 36.2 Å². The number of carbonyl (C=O) groups excluding carboxylic acids is 1. The maximum atomic E-state index is 12.6. The van der Waals surface area contributed by atoms with E-state index in [1.807, 2.05) is 65.6 Å². The lowest BCUT2D eigenvalue weighted by atomic mass is 9.77. The number of hydrogen-bond acceptors (Lipinski definition) is 5. The highest BCUT2D eigenvalue weighted by Crippen LogP contribution is 2.47. The molecule has 2 fully saturated rings. The van der Waals surface area contributed by atoms with E-state index in [0.29, 0.717) is 5.89 Å². The summed E-state index contributed by atoms with van der Waals surface area (Å²) in [4.78, 5) is 21.5. The minimum atomic E-state index is 0.114. The maximum absolute atomic E-state index is 12.6. The molecule has 2 aromatic carbocycles. The summed E-state index contributed by atoms with van der Waals surface area (Å²) in [6.07, 6.45) is 0.940. The Hall–Kier alpha value is -2.99. The van der Waals surface area contributed by atoms with Crippen LogP contribution in [0.5, 0.6) is 0 Å². The smallest absolute Gasteiger partial charge is 0.257 e. The van der Waals surface area contributed by atoms with Crippen LogP contribution in [-0.2, 0) is 0 Å². The van der Waals surface area contributed by atoms with E-state index >= 15 is 0 Å². The number of likely N-dealkylation sites (tertiary alicyclic amines) is 2. The van der Waals surface area contributed by atoms with Crippen molar-refractivity contribution in [2.45, 2.75) is 12.5 Å². The fourth-order valence-corrected chi connectivity index (χ4v) is 4.53. The topological polar surface area (TPSA) is 62.5 Å². The molecule has 2 saturated heterocycles. The average Bonchev–Trinajstić information content (AvgIpc) is 3.32. The normalized spacial score (nSPS) is 21.0. The summed E-state index contributed by atoms with van der Waals surface area (Å²) in [5, 5.41) is 4.24. The molecular formula is C22H22N4O2. The molecule has 1 aromatic heterocycles. The summed E-state index contributed by atoms with van der Waals surface area (Å²) in [5.74, 6) is 1.40. The number of nitrogens with zero attached hydrogens (tertiary/aromatic N) is 4. The number of hydrogen-bond donors (Lipinski definition) is 0. The Morgan fingerprint density at radius 3 is 2.43 bits per heavy atom.